The van der Waals surface area contributed by atoms with Crippen molar-refractivity contribution in [2.45, 2.75) is 38.7 Å². The molecule has 1 fully saturated rings. The minimum atomic E-state index is -0.337. The lowest BCUT2D eigenvalue weighted by Crippen LogP contribution is -2.46. The summed E-state index contributed by atoms with van der Waals surface area (Å²) >= 11 is 0. The van der Waals surface area contributed by atoms with E-state index < -0.39 is 0 Å². The summed E-state index contributed by atoms with van der Waals surface area (Å²) in [7, 11) is 0. The minimum Gasteiger partial charge on any atom is -0.480 e. The number of amides is 1. The lowest BCUT2D eigenvalue weighted by atomic mass is 9.90. The topological polar surface area (TPSA) is 29.5 Å². The first-order valence-corrected chi connectivity index (χ1v) is 9.28. The van der Waals surface area contributed by atoms with E-state index in [0.717, 1.165) is 37.2 Å². The molecule has 2 aliphatic heterocycles. The van der Waals surface area contributed by atoms with Gasteiger partial charge in [-0.05, 0) is 49.3 Å². The number of carbonyl (C=O) groups is 1. The van der Waals surface area contributed by atoms with Gasteiger partial charge in [-0.25, -0.2) is 0 Å². The third-order valence-electron chi connectivity index (χ3n) is 5.40. The number of hydrogen-bond acceptors (Lipinski definition) is 2. The fourth-order valence-electron chi connectivity index (χ4n) is 4.01. The van der Waals surface area contributed by atoms with Crippen LogP contribution in [0.4, 0.5) is 0 Å². The second-order valence-electron chi connectivity index (χ2n) is 7.40. The molecule has 0 aliphatic carbocycles. The molecule has 1 amide bonds. The molecular formula is C22H25NO2. The van der Waals surface area contributed by atoms with Crippen molar-refractivity contribution in [3.8, 4) is 5.75 Å². The molecule has 0 spiro atoms. The Morgan fingerprint density at radius 1 is 1.16 bits per heavy atom. The van der Waals surface area contributed by atoms with E-state index in [1.807, 2.05) is 23.1 Å². The first-order chi connectivity index (χ1) is 12.2. The van der Waals surface area contributed by atoms with Gasteiger partial charge in [0.1, 0.15) is 5.75 Å². The van der Waals surface area contributed by atoms with Crippen LogP contribution in [0.5, 0.6) is 5.75 Å². The van der Waals surface area contributed by atoms with E-state index in [4.69, 9.17) is 4.74 Å². The third-order valence-corrected chi connectivity index (χ3v) is 5.40. The van der Waals surface area contributed by atoms with E-state index in [2.05, 4.69) is 37.3 Å². The van der Waals surface area contributed by atoms with Crippen LogP contribution in [0.25, 0.3) is 0 Å². The van der Waals surface area contributed by atoms with Crippen molar-refractivity contribution >= 4 is 5.91 Å². The molecule has 2 aromatic rings. The maximum Gasteiger partial charge on any atom is 0.264 e. The highest BCUT2D eigenvalue weighted by Crippen LogP contribution is 2.30. The molecule has 2 atom stereocenters. The van der Waals surface area contributed by atoms with E-state index in [9.17, 15) is 4.79 Å². The summed E-state index contributed by atoms with van der Waals surface area (Å²) in [6.07, 6.45) is 3.70. The van der Waals surface area contributed by atoms with Crippen LogP contribution in [0.2, 0.25) is 0 Å². The van der Waals surface area contributed by atoms with Crippen LogP contribution in [0.1, 0.15) is 29.5 Å². The molecule has 3 heteroatoms. The lowest BCUT2D eigenvalue weighted by molar-refractivity contribution is -0.139. The number of benzene rings is 2. The number of carbonyl (C=O) groups excluding carboxylic acids is 1. The van der Waals surface area contributed by atoms with Crippen molar-refractivity contribution in [2.24, 2.45) is 5.92 Å². The Labute approximate surface area is 149 Å². The van der Waals surface area contributed by atoms with Crippen molar-refractivity contribution < 1.29 is 9.53 Å². The van der Waals surface area contributed by atoms with E-state index in [0.29, 0.717) is 12.3 Å². The summed E-state index contributed by atoms with van der Waals surface area (Å²) in [5.41, 5.74) is 3.81. The smallest absolute Gasteiger partial charge is 0.264 e. The quantitative estimate of drug-likeness (QED) is 0.854. The highest BCUT2D eigenvalue weighted by atomic mass is 16.5. The number of aryl methyl sites for hydroxylation is 1. The molecule has 2 heterocycles. The highest BCUT2D eigenvalue weighted by Gasteiger charge is 2.34. The molecule has 3 nitrogen and oxygen atoms in total. The number of likely N-dealkylation sites (tertiary alicyclic amines) is 1. The number of ether oxygens (including phenoxy) is 1. The standard InChI is InChI=1S/C22H25NO2/c1-16-8-10-17(11-9-16)13-18-5-4-12-23(15-18)22(24)21-14-19-6-2-3-7-20(19)25-21/h2-3,6-11,18,21H,4-5,12-15H2,1H3. The Kier molecular flexibility index (Phi) is 4.48. The molecule has 130 valence electrons. The van der Waals surface area contributed by atoms with Gasteiger partial charge in [0, 0.05) is 19.5 Å². The van der Waals surface area contributed by atoms with Crippen LogP contribution in [0, 0.1) is 12.8 Å². The largest absolute Gasteiger partial charge is 0.480 e. The first-order valence-electron chi connectivity index (χ1n) is 9.28. The van der Waals surface area contributed by atoms with Gasteiger partial charge in [-0.3, -0.25) is 4.79 Å². The SMILES string of the molecule is Cc1ccc(CC2CCCN(C(=O)C3Cc4ccccc4O3)C2)cc1. The van der Waals surface area contributed by atoms with Gasteiger partial charge in [-0.1, -0.05) is 48.0 Å². The van der Waals surface area contributed by atoms with Gasteiger partial charge in [-0.2, -0.15) is 0 Å². The minimum absolute atomic E-state index is 0.157. The summed E-state index contributed by atoms with van der Waals surface area (Å²) in [5, 5.41) is 0. The van der Waals surface area contributed by atoms with E-state index in [-0.39, 0.29) is 12.0 Å². The van der Waals surface area contributed by atoms with Crippen molar-refractivity contribution in [3.05, 3.63) is 65.2 Å². The average molecular weight is 335 g/mol. The molecule has 2 aliphatic rings. The van der Waals surface area contributed by atoms with E-state index >= 15 is 0 Å². The molecule has 4 rings (SSSR count). The van der Waals surface area contributed by atoms with Crippen LogP contribution in [0.3, 0.4) is 0 Å². The number of hydrogen-bond donors (Lipinski definition) is 0. The molecule has 1 saturated heterocycles. The van der Waals surface area contributed by atoms with E-state index in [1.54, 1.807) is 0 Å². The van der Waals surface area contributed by atoms with Crippen LogP contribution in [-0.2, 0) is 17.6 Å². The summed E-state index contributed by atoms with van der Waals surface area (Å²) in [5.74, 6) is 1.57. The molecule has 0 N–H and O–H groups in total. The molecular weight excluding hydrogens is 310 g/mol. The van der Waals surface area contributed by atoms with Gasteiger partial charge in [0.25, 0.3) is 5.91 Å². The van der Waals surface area contributed by atoms with Crippen molar-refractivity contribution in [1.29, 1.82) is 0 Å². The van der Waals surface area contributed by atoms with Gasteiger partial charge in [0.15, 0.2) is 6.10 Å². The number of fused-ring (bicyclic) bond motifs is 1. The lowest BCUT2D eigenvalue weighted by Gasteiger charge is -2.34. The number of piperidine rings is 1. The maximum absolute atomic E-state index is 12.9. The van der Waals surface area contributed by atoms with Crippen molar-refractivity contribution in [2.75, 3.05) is 13.1 Å². The molecule has 25 heavy (non-hydrogen) atoms. The van der Waals surface area contributed by atoms with Gasteiger partial charge in [0.2, 0.25) is 0 Å². The summed E-state index contributed by atoms with van der Waals surface area (Å²) in [4.78, 5) is 14.9. The summed E-state index contributed by atoms with van der Waals surface area (Å²) in [6.45, 7) is 3.83. The third kappa shape index (κ3) is 3.55. The second kappa shape index (κ2) is 6.91. The Morgan fingerprint density at radius 2 is 1.96 bits per heavy atom. The van der Waals surface area contributed by atoms with Crippen LogP contribution >= 0.6 is 0 Å². The van der Waals surface area contributed by atoms with Gasteiger partial charge in [0.05, 0.1) is 0 Å². The zero-order chi connectivity index (χ0) is 17.2. The fourth-order valence-corrected chi connectivity index (χ4v) is 4.01. The molecule has 0 aromatic heterocycles. The van der Waals surface area contributed by atoms with Gasteiger partial charge < -0.3 is 9.64 Å². The zero-order valence-corrected chi connectivity index (χ0v) is 14.8. The van der Waals surface area contributed by atoms with E-state index in [1.165, 1.54) is 17.5 Å². The Morgan fingerprint density at radius 3 is 2.76 bits per heavy atom. The Hall–Kier alpha value is -2.29. The predicted molar refractivity (Wildman–Crippen MR) is 98.7 cm³/mol. The molecule has 0 bridgehead atoms. The summed E-state index contributed by atoms with van der Waals surface area (Å²) in [6, 6.07) is 16.8. The van der Waals surface area contributed by atoms with Crippen molar-refractivity contribution in [1.82, 2.24) is 4.90 Å². The molecule has 0 saturated carbocycles. The average Bonchev–Trinajstić information content (AvgIpc) is 3.07. The summed E-state index contributed by atoms with van der Waals surface area (Å²) < 4.78 is 5.90. The monoisotopic (exact) mass is 335 g/mol. The highest BCUT2D eigenvalue weighted by molar-refractivity contribution is 5.82. The van der Waals surface area contributed by atoms with Crippen LogP contribution < -0.4 is 4.74 Å². The molecule has 0 radical (unpaired) electrons. The first kappa shape index (κ1) is 16.2. The normalized spacial score (nSPS) is 22.4. The Balaban J connectivity index is 1.38. The Bertz CT molecular complexity index is 728. The number of para-hydroxylation sites is 1. The predicted octanol–water partition coefficient (Wildman–Crippen LogP) is 3.78. The van der Waals surface area contributed by atoms with Crippen LogP contribution in [-0.4, -0.2) is 30.0 Å². The van der Waals surface area contributed by atoms with Gasteiger partial charge >= 0.3 is 0 Å². The van der Waals surface area contributed by atoms with Crippen LogP contribution in [0.15, 0.2) is 48.5 Å². The second-order valence-corrected chi connectivity index (χ2v) is 7.40. The number of rotatable bonds is 3. The van der Waals surface area contributed by atoms with Crippen molar-refractivity contribution in [3.63, 3.8) is 0 Å². The zero-order valence-electron chi connectivity index (χ0n) is 14.8. The maximum atomic E-state index is 12.9. The molecule has 2 unspecified atom stereocenters. The molecule has 2 aromatic carbocycles. The number of nitrogens with zero attached hydrogens (tertiary/aromatic N) is 1. The van der Waals surface area contributed by atoms with Gasteiger partial charge in [-0.15, -0.1) is 0 Å². The fraction of sp³-hybridized carbons (Fsp3) is 0.409.